The molecule has 170 valence electrons. The van der Waals surface area contributed by atoms with Crippen LogP contribution in [0.4, 0.5) is 0 Å². The lowest BCUT2D eigenvalue weighted by atomic mass is 10.0. The number of piperidine rings is 1. The molecule has 1 aliphatic carbocycles. The first kappa shape index (κ1) is 22.9. The van der Waals surface area contributed by atoms with E-state index in [0.29, 0.717) is 30.1 Å². The van der Waals surface area contributed by atoms with Gasteiger partial charge in [-0.05, 0) is 57.2 Å². The maximum absolute atomic E-state index is 12.8. The topological polar surface area (TPSA) is 94.2 Å². The number of amides is 2. The third kappa shape index (κ3) is 5.89. The van der Waals surface area contributed by atoms with Gasteiger partial charge < -0.3 is 24.4 Å². The highest BCUT2D eigenvalue weighted by molar-refractivity contribution is 5.95. The van der Waals surface area contributed by atoms with Gasteiger partial charge in [0.1, 0.15) is 0 Å². The van der Waals surface area contributed by atoms with Crippen molar-refractivity contribution in [2.75, 3.05) is 33.4 Å². The molecule has 2 aliphatic rings. The minimum atomic E-state index is -0.316. The molecule has 2 unspecified atom stereocenters. The Labute approximate surface area is 183 Å². The lowest BCUT2D eigenvalue weighted by Gasteiger charge is -2.26. The van der Waals surface area contributed by atoms with Crippen LogP contribution >= 0.6 is 0 Å². The van der Waals surface area contributed by atoms with Crippen LogP contribution in [0.5, 0.6) is 11.5 Å². The average molecular weight is 433 g/mol. The Kier molecular flexibility index (Phi) is 8.14. The van der Waals surface area contributed by atoms with Crippen molar-refractivity contribution in [2.45, 2.75) is 51.5 Å². The van der Waals surface area contributed by atoms with Crippen molar-refractivity contribution in [3.05, 3.63) is 23.8 Å². The van der Waals surface area contributed by atoms with Crippen LogP contribution < -0.4 is 14.8 Å². The lowest BCUT2D eigenvalue weighted by molar-refractivity contribution is -0.145. The zero-order chi connectivity index (χ0) is 22.2. The van der Waals surface area contributed by atoms with Crippen molar-refractivity contribution in [2.24, 2.45) is 5.92 Å². The van der Waals surface area contributed by atoms with E-state index in [9.17, 15) is 14.4 Å². The summed E-state index contributed by atoms with van der Waals surface area (Å²) in [6.07, 6.45) is 5.52. The Morgan fingerprint density at radius 3 is 2.52 bits per heavy atom. The summed E-state index contributed by atoms with van der Waals surface area (Å²) >= 11 is 0. The molecule has 0 radical (unpaired) electrons. The van der Waals surface area contributed by atoms with Crippen molar-refractivity contribution >= 4 is 17.8 Å². The van der Waals surface area contributed by atoms with Crippen LogP contribution in [0.2, 0.25) is 0 Å². The Hall–Kier alpha value is -2.77. The standard InChI is InChI=1S/C23H32N2O6/c1-3-30-20-14-16(22(27)24-18-9-7-8-17(18)23(28)29-2)10-11-19(20)31-15-21(26)25-12-5-4-6-13-25/h10-11,14,17-18H,3-9,12-13,15H2,1-2H3,(H,24,27). The first-order valence-corrected chi connectivity index (χ1v) is 11.1. The molecule has 2 fully saturated rings. The normalized spacial score (nSPS) is 20.8. The van der Waals surface area contributed by atoms with Gasteiger partial charge in [0.15, 0.2) is 18.1 Å². The molecule has 1 aromatic carbocycles. The van der Waals surface area contributed by atoms with E-state index in [0.717, 1.165) is 45.2 Å². The van der Waals surface area contributed by atoms with Crippen molar-refractivity contribution in [1.82, 2.24) is 10.2 Å². The highest BCUT2D eigenvalue weighted by Gasteiger charge is 2.35. The minimum absolute atomic E-state index is 0.0425. The number of nitrogens with one attached hydrogen (secondary N) is 1. The summed E-state index contributed by atoms with van der Waals surface area (Å²) in [5, 5.41) is 2.95. The number of likely N-dealkylation sites (tertiary alicyclic amines) is 1. The number of hydrogen-bond donors (Lipinski definition) is 1. The predicted octanol–water partition coefficient (Wildman–Crippen LogP) is 2.55. The van der Waals surface area contributed by atoms with Gasteiger partial charge >= 0.3 is 5.97 Å². The molecular formula is C23H32N2O6. The van der Waals surface area contributed by atoms with Crippen LogP contribution in [0.1, 0.15) is 55.8 Å². The fraction of sp³-hybridized carbons (Fsp3) is 0.609. The zero-order valence-electron chi connectivity index (χ0n) is 18.4. The molecule has 1 heterocycles. The summed E-state index contributed by atoms with van der Waals surface area (Å²) in [5.41, 5.74) is 0.411. The molecule has 1 saturated heterocycles. The van der Waals surface area contributed by atoms with Crippen molar-refractivity contribution in [3.63, 3.8) is 0 Å². The Morgan fingerprint density at radius 2 is 1.81 bits per heavy atom. The van der Waals surface area contributed by atoms with Crippen LogP contribution in [0.15, 0.2) is 18.2 Å². The van der Waals surface area contributed by atoms with Crippen LogP contribution in [-0.4, -0.2) is 62.1 Å². The summed E-state index contributed by atoms with van der Waals surface area (Å²) in [6.45, 7) is 3.72. The maximum Gasteiger partial charge on any atom is 0.310 e. The van der Waals surface area contributed by atoms with Gasteiger partial charge in [0.2, 0.25) is 0 Å². The average Bonchev–Trinajstić information content (AvgIpc) is 3.26. The van der Waals surface area contributed by atoms with Crippen molar-refractivity contribution in [1.29, 1.82) is 0 Å². The second-order valence-corrected chi connectivity index (χ2v) is 7.97. The molecule has 1 aromatic rings. The van der Waals surface area contributed by atoms with E-state index in [1.165, 1.54) is 7.11 Å². The molecule has 1 saturated carbocycles. The molecule has 3 rings (SSSR count). The number of hydrogen-bond acceptors (Lipinski definition) is 6. The SMILES string of the molecule is CCOc1cc(C(=O)NC2CCCC2C(=O)OC)ccc1OCC(=O)N1CCCCC1. The molecule has 0 spiro atoms. The maximum atomic E-state index is 12.8. The largest absolute Gasteiger partial charge is 0.490 e. The highest BCUT2D eigenvalue weighted by Crippen LogP contribution is 2.30. The molecule has 1 aliphatic heterocycles. The third-order valence-corrected chi connectivity index (χ3v) is 5.90. The lowest BCUT2D eigenvalue weighted by Crippen LogP contribution is -2.40. The predicted molar refractivity (Wildman–Crippen MR) is 114 cm³/mol. The Balaban J connectivity index is 1.64. The van der Waals surface area contributed by atoms with E-state index >= 15 is 0 Å². The number of nitrogens with zero attached hydrogens (tertiary/aromatic N) is 1. The molecule has 8 nitrogen and oxygen atoms in total. The minimum Gasteiger partial charge on any atom is -0.490 e. The fourth-order valence-corrected chi connectivity index (χ4v) is 4.23. The number of esters is 1. The van der Waals surface area contributed by atoms with Crippen molar-refractivity contribution < 1.29 is 28.6 Å². The third-order valence-electron chi connectivity index (χ3n) is 5.90. The van der Waals surface area contributed by atoms with E-state index in [1.54, 1.807) is 18.2 Å². The molecule has 1 N–H and O–H groups in total. The number of carbonyl (C=O) groups excluding carboxylic acids is 3. The quantitative estimate of drug-likeness (QED) is 0.635. The van der Waals surface area contributed by atoms with Gasteiger partial charge in [0.05, 0.1) is 19.6 Å². The summed E-state index contributed by atoms with van der Waals surface area (Å²) in [5.74, 6) is -0.0880. The van der Waals surface area contributed by atoms with Gasteiger partial charge in [0, 0.05) is 24.7 Å². The Morgan fingerprint density at radius 1 is 1.03 bits per heavy atom. The molecule has 8 heteroatoms. The van der Waals surface area contributed by atoms with Gasteiger partial charge in [-0.25, -0.2) is 0 Å². The van der Waals surface area contributed by atoms with Crippen molar-refractivity contribution in [3.8, 4) is 11.5 Å². The number of methoxy groups -OCH3 is 1. The molecular weight excluding hydrogens is 400 g/mol. The molecule has 0 bridgehead atoms. The highest BCUT2D eigenvalue weighted by atomic mass is 16.5. The molecule has 2 amide bonds. The molecule has 2 atom stereocenters. The summed E-state index contributed by atoms with van der Waals surface area (Å²) in [6, 6.07) is 4.66. The summed E-state index contributed by atoms with van der Waals surface area (Å²) in [4.78, 5) is 38.9. The zero-order valence-corrected chi connectivity index (χ0v) is 18.4. The van der Waals surface area contributed by atoms with E-state index in [4.69, 9.17) is 14.2 Å². The second-order valence-electron chi connectivity index (χ2n) is 7.97. The van der Waals surface area contributed by atoms with Gasteiger partial charge in [-0.15, -0.1) is 0 Å². The van der Waals surface area contributed by atoms with Gasteiger partial charge in [0.25, 0.3) is 11.8 Å². The first-order valence-electron chi connectivity index (χ1n) is 11.1. The molecule has 0 aromatic heterocycles. The number of benzene rings is 1. The second kappa shape index (κ2) is 11.0. The smallest absolute Gasteiger partial charge is 0.310 e. The van der Waals surface area contributed by atoms with Crippen LogP contribution in [-0.2, 0) is 14.3 Å². The van der Waals surface area contributed by atoms with E-state index in [-0.39, 0.29) is 36.4 Å². The number of rotatable bonds is 8. The van der Waals surface area contributed by atoms with Crippen LogP contribution in [0.3, 0.4) is 0 Å². The monoisotopic (exact) mass is 432 g/mol. The summed E-state index contributed by atoms with van der Waals surface area (Å²) < 4.78 is 16.2. The number of ether oxygens (including phenoxy) is 3. The number of carbonyl (C=O) groups is 3. The summed E-state index contributed by atoms with van der Waals surface area (Å²) in [7, 11) is 1.36. The molecule has 31 heavy (non-hydrogen) atoms. The van der Waals surface area contributed by atoms with E-state index < -0.39 is 0 Å². The van der Waals surface area contributed by atoms with Crippen LogP contribution in [0.25, 0.3) is 0 Å². The van der Waals surface area contributed by atoms with Gasteiger partial charge in [-0.2, -0.15) is 0 Å². The van der Waals surface area contributed by atoms with Gasteiger partial charge in [-0.1, -0.05) is 6.42 Å². The first-order chi connectivity index (χ1) is 15.0. The van der Waals surface area contributed by atoms with E-state index in [1.807, 2.05) is 11.8 Å². The van der Waals surface area contributed by atoms with Gasteiger partial charge in [-0.3, -0.25) is 14.4 Å². The van der Waals surface area contributed by atoms with E-state index in [2.05, 4.69) is 5.32 Å². The fourth-order valence-electron chi connectivity index (χ4n) is 4.23. The van der Waals surface area contributed by atoms with Crippen LogP contribution in [0, 0.1) is 5.92 Å². The Bertz CT molecular complexity index is 790.